The molecular weight excluding hydrogens is 253 g/mol. The van der Waals surface area contributed by atoms with Crippen LogP contribution in [0.25, 0.3) is 0 Å². The summed E-state index contributed by atoms with van der Waals surface area (Å²) in [7, 11) is 0. The van der Waals surface area contributed by atoms with Gasteiger partial charge in [0.05, 0.1) is 17.0 Å². The summed E-state index contributed by atoms with van der Waals surface area (Å²) in [6.07, 6.45) is -4.41. The van der Waals surface area contributed by atoms with Gasteiger partial charge in [-0.05, 0) is 6.07 Å². The summed E-state index contributed by atoms with van der Waals surface area (Å²) in [6.45, 7) is -1.15. The van der Waals surface area contributed by atoms with Crippen molar-refractivity contribution in [2.24, 2.45) is 5.73 Å². The molecule has 0 spiro atoms. The number of rotatable bonds is 2. The number of nitrogens with one attached hydrogen (secondary N) is 1. The second-order valence-electron chi connectivity index (χ2n) is 3.00. The van der Waals surface area contributed by atoms with Crippen LogP contribution in [0.4, 0.5) is 13.2 Å². The molecule has 0 fully saturated rings. The molecule has 7 heteroatoms. The Morgan fingerprint density at radius 2 is 2.24 bits per heavy atom. The van der Waals surface area contributed by atoms with Crippen LogP contribution in [0.2, 0.25) is 0 Å². The monoisotopic (exact) mass is 262 g/mol. The number of carbonyl (C=O) groups is 1. The van der Waals surface area contributed by atoms with Crippen molar-refractivity contribution in [2.45, 2.75) is 6.18 Å². The van der Waals surface area contributed by atoms with Gasteiger partial charge in [0.25, 0.3) is 5.91 Å². The van der Waals surface area contributed by atoms with Crippen molar-refractivity contribution in [3.8, 4) is 11.8 Å². The standard InChI is InChI=1S/C10H9F3N2OS/c11-10(12,13)6-15-9(16)7-4-8(17-5-7)2-1-3-14/h4-5H,3,6,14H2,(H,15,16). The second kappa shape index (κ2) is 5.70. The van der Waals surface area contributed by atoms with Gasteiger partial charge >= 0.3 is 6.18 Å². The van der Waals surface area contributed by atoms with Crippen molar-refractivity contribution >= 4 is 17.2 Å². The van der Waals surface area contributed by atoms with Gasteiger partial charge in [0.2, 0.25) is 0 Å². The van der Waals surface area contributed by atoms with Crippen LogP contribution in [0.3, 0.4) is 0 Å². The number of hydrogen-bond acceptors (Lipinski definition) is 3. The summed E-state index contributed by atoms with van der Waals surface area (Å²) in [4.78, 5) is 11.9. The SMILES string of the molecule is NCC#Cc1cc(C(=O)NCC(F)(F)F)cs1. The second-order valence-corrected chi connectivity index (χ2v) is 3.91. The molecule has 1 aromatic rings. The van der Waals surface area contributed by atoms with Crippen LogP contribution in [0.15, 0.2) is 11.4 Å². The van der Waals surface area contributed by atoms with Crippen LogP contribution in [0, 0.1) is 11.8 Å². The van der Waals surface area contributed by atoms with Crippen molar-refractivity contribution in [2.75, 3.05) is 13.1 Å². The summed E-state index contributed by atoms with van der Waals surface area (Å²) >= 11 is 1.18. The van der Waals surface area contributed by atoms with Crippen LogP contribution in [0.1, 0.15) is 15.2 Å². The summed E-state index contributed by atoms with van der Waals surface area (Å²) in [5, 5.41) is 3.23. The molecule has 3 nitrogen and oxygen atoms in total. The number of nitrogens with two attached hydrogens (primary N) is 1. The van der Waals surface area contributed by atoms with E-state index in [1.807, 2.05) is 0 Å². The maximum absolute atomic E-state index is 11.9. The molecule has 1 rings (SSSR count). The van der Waals surface area contributed by atoms with Crippen molar-refractivity contribution in [1.82, 2.24) is 5.32 Å². The Labute approximate surface area is 99.8 Å². The van der Waals surface area contributed by atoms with Crippen LogP contribution in [0.5, 0.6) is 0 Å². The first-order valence-electron chi connectivity index (χ1n) is 4.55. The Balaban J connectivity index is 2.61. The lowest BCUT2D eigenvalue weighted by Crippen LogP contribution is -2.33. The van der Waals surface area contributed by atoms with Crippen LogP contribution in [-0.2, 0) is 0 Å². The lowest BCUT2D eigenvalue weighted by atomic mass is 10.3. The molecule has 92 valence electrons. The van der Waals surface area contributed by atoms with Gasteiger partial charge in [-0.3, -0.25) is 4.79 Å². The van der Waals surface area contributed by atoms with Crippen molar-refractivity contribution in [3.05, 3.63) is 21.9 Å². The first-order valence-corrected chi connectivity index (χ1v) is 5.43. The molecule has 0 bridgehead atoms. The number of amides is 1. The molecule has 0 atom stereocenters. The number of halogens is 3. The van der Waals surface area contributed by atoms with E-state index in [9.17, 15) is 18.0 Å². The summed E-state index contributed by atoms with van der Waals surface area (Å²) in [5.41, 5.74) is 5.33. The van der Waals surface area contributed by atoms with E-state index in [0.717, 1.165) is 0 Å². The lowest BCUT2D eigenvalue weighted by molar-refractivity contribution is -0.123. The zero-order valence-electron chi connectivity index (χ0n) is 8.60. The zero-order chi connectivity index (χ0) is 12.9. The van der Waals surface area contributed by atoms with E-state index in [0.29, 0.717) is 4.88 Å². The number of carbonyl (C=O) groups excluding carboxylic acids is 1. The fourth-order valence-corrected chi connectivity index (χ4v) is 1.70. The molecule has 1 aromatic heterocycles. The molecule has 0 aliphatic carbocycles. The smallest absolute Gasteiger partial charge is 0.343 e. The van der Waals surface area contributed by atoms with E-state index < -0.39 is 18.6 Å². The third-order valence-corrected chi connectivity index (χ3v) is 2.47. The molecule has 0 radical (unpaired) electrons. The molecule has 1 heterocycles. The summed E-state index contributed by atoms with van der Waals surface area (Å²) < 4.78 is 35.6. The molecule has 0 aromatic carbocycles. The van der Waals surface area contributed by atoms with Gasteiger partial charge in [-0.25, -0.2) is 0 Å². The zero-order valence-corrected chi connectivity index (χ0v) is 9.41. The fraction of sp³-hybridized carbons (Fsp3) is 0.300. The Kier molecular flexibility index (Phi) is 4.54. The molecular formula is C10H9F3N2OS. The van der Waals surface area contributed by atoms with Crippen molar-refractivity contribution < 1.29 is 18.0 Å². The number of thiophene rings is 1. The molecule has 0 unspecified atom stereocenters. The van der Waals surface area contributed by atoms with Gasteiger partial charge < -0.3 is 11.1 Å². The fourth-order valence-electron chi connectivity index (χ4n) is 0.942. The minimum absolute atomic E-state index is 0.167. The molecule has 0 aliphatic rings. The minimum Gasteiger partial charge on any atom is -0.343 e. The van der Waals surface area contributed by atoms with Gasteiger partial charge in [-0.2, -0.15) is 13.2 Å². The average molecular weight is 262 g/mol. The predicted octanol–water partition coefficient (Wildman–Crippen LogP) is 1.35. The molecule has 17 heavy (non-hydrogen) atoms. The van der Waals surface area contributed by atoms with Gasteiger partial charge in [0.1, 0.15) is 6.54 Å². The highest BCUT2D eigenvalue weighted by atomic mass is 32.1. The van der Waals surface area contributed by atoms with Gasteiger partial charge in [0, 0.05) is 5.38 Å². The maximum Gasteiger partial charge on any atom is 0.405 e. The molecule has 1 amide bonds. The van der Waals surface area contributed by atoms with E-state index in [1.165, 1.54) is 22.8 Å². The van der Waals surface area contributed by atoms with Crippen LogP contribution < -0.4 is 11.1 Å². The third kappa shape index (κ3) is 4.89. The largest absolute Gasteiger partial charge is 0.405 e. The highest BCUT2D eigenvalue weighted by Crippen LogP contribution is 2.15. The molecule has 3 N–H and O–H groups in total. The Bertz CT molecular complexity index is 456. The van der Waals surface area contributed by atoms with Gasteiger partial charge in [-0.1, -0.05) is 11.8 Å². The highest BCUT2D eigenvalue weighted by Gasteiger charge is 2.27. The Morgan fingerprint density at radius 3 is 2.82 bits per heavy atom. The third-order valence-electron chi connectivity index (χ3n) is 1.62. The predicted molar refractivity (Wildman–Crippen MR) is 58.6 cm³/mol. The first kappa shape index (κ1) is 13.5. The molecule has 0 saturated carbocycles. The lowest BCUT2D eigenvalue weighted by Gasteiger charge is -2.06. The number of hydrogen-bond donors (Lipinski definition) is 2. The average Bonchev–Trinajstić information content (AvgIpc) is 2.70. The van der Waals surface area contributed by atoms with Crippen LogP contribution >= 0.6 is 11.3 Å². The molecule has 0 saturated heterocycles. The van der Waals surface area contributed by atoms with Gasteiger partial charge in [0.15, 0.2) is 0 Å². The van der Waals surface area contributed by atoms with Gasteiger partial charge in [-0.15, -0.1) is 11.3 Å². The van der Waals surface area contributed by atoms with Crippen LogP contribution in [-0.4, -0.2) is 25.2 Å². The Hall–Kier alpha value is -1.52. The van der Waals surface area contributed by atoms with E-state index in [1.54, 1.807) is 5.32 Å². The summed E-state index contributed by atoms with van der Waals surface area (Å²) in [5.74, 6) is 4.52. The van der Waals surface area contributed by atoms with E-state index in [2.05, 4.69) is 11.8 Å². The van der Waals surface area contributed by atoms with E-state index >= 15 is 0 Å². The van der Waals surface area contributed by atoms with E-state index in [4.69, 9.17) is 5.73 Å². The molecule has 0 aliphatic heterocycles. The minimum atomic E-state index is -4.41. The van der Waals surface area contributed by atoms with Crippen molar-refractivity contribution in [3.63, 3.8) is 0 Å². The highest BCUT2D eigenvalue weighted by molar-refractivity contribution is 7.10. The van der Waals surface area contributed by atoms with Crippen molar-refractivity contribution in [1.29, 1.82) is 0 Å². The first-order chi connectivity index (χ1) is 7.92. The topological polar surface area (TPSA) is 55.1 Å². The summed E-state index contributed by atoms with van der Waals surface area (Å²) in [6, 6.07) is 1.43. The van der Waals surface area contributed by atoms with E-state index in [-0.39, 0.29) is 12.1 Å². The normalized spacial score (nSPS) is 10.6. The quantitative estimate of drug-likeness (QED) is 0.790. The Morgan fingerprint density at radius 1 is 1.53 bits per heavy atom. The maximum atomic E-state index is 11.9. The number of alkyl halides is 3.